The Hall–Kier alpha value is -0.680. The first-order valence-electron chi connectivity index (χ1n) is 5.10. The third-order valence-corrected chi connectivity index (χ3v) is 2.90. The molecule has 1 aliphatic heterocycles. The molecule has 1 aromatic rings. The smallest absolute Gasteiger partial charge is 0.130 e. The van der Waals surface area contributed by atoms with Gasteiger partial charge in [0.25, 0.3) is 0 Å². The molecule has 0 aliphatic carbocycles. The van der Waals surface area contributed by atoms with Gasteiger partial charge in [0.1, 0.15) is 16.7 Å². The molecule has 0 saturated carbocycles. The Morgan fingerprint density at radius 3 is 3.13 bits per heavy atom. The van der Waals surface area contributed by atoms with Gasteiger partial charge in [0, 0.05) is 18.7 Å². The highest BCUT2D eigenvalue weighted by molar-refractivity contribution is 9.10. The molecule has 2 heterocycles. The number of nitrogens with one attached hydrogen (secondary N) is 1. The van der Waals surface area contributed by atoms with E-state index in [4.69, 9.17) is 4.74 Å². The lowest BCUT2D eigenvalue weighted by Crippen LogP contribution is -2.32. The van der Waals surface area contributed by atoms with E-state index in [2.05, 4.69) is 38.1 Å². The topological polar surface area (TPSA) is 47.0 Å². The average Bonchev–Trinajstić information content (AvgIpc) is 2.17. The van der Waals surface area contributed by atoms with Crippen LogP contribution < -0.4 is 5.32 Å². The van der Waals surface area contributed by atoms with E-state index in [0.29, 0.717) is 12.1 Å². The average molecular weight is 272 g/mol. The standard InChI is InChI=1S/C10H14BrN3O/c1-7-4-8(2-3-15-7)14-10-5-9(11)12-6-13-10/h5-8H,2-4H2,1H3,(H,12,13,14). The molecule has 15 heavy (non-hydrogen) atoms. The number of rotatable bonds is 2. The van der Waals surface area contributed by atoms with Crippen molar-refractivity contribution in [3.8, 4) is 0 Å². The van der Waals surface area contributed by atoms with Gasteiger partial charge in [-0.3, -0.25) is 0 Å². The highest BCUT2D eigenvalue weighted by atomic mass is 79.9. The first-order valence-corrected chi connectivity index (χ1v) is 5.89. The molecule has 0 bridgehead atoms. The highest BCUT2D eigenvalue weighted by Crippen LogP contribution is 2.18. The minimum absolute atomic E-state index is 0.335. The van der Waals surface area contributed by atoms with E-state index in [1.807, 2.05) is 6.07 Å². The lowest BCUT2D eigenvalue weighted by atomic mass is 10.0. The molecule has 1 N–H and O–H groups in total. The highest BCUT2D eigenvalue weighted by Gasteiger charge is 2.19. The van der Waals surface area contributed by atoms with Crippen molar-refractivity contribution in [2.75, 3.05) is 11.9 Å². The molecule has 2 rings (SSSR count). The van der Waals surface area contributed by atoms with Gasteiger partial charge in [-0.1, -0.05) is 0 Å². The fourth-order valence-corrected chi connectivity index (χ4v) is 2.06. The normalized spacial score (nSPS) is 26.3. The Kier molecular flexibility index (Phi) is 3.53. The molecule has 0 aromatic carbocycles. The van der Waals surface area contributed by atoms with E-state index >= 15 is 0 Å². The van der Waals surface area contributed by atoms with Crippen LogP contribution in [0.2, 0.25) is 0 Å². The zero-order valence-electron chi connectivity index (χ0n) is 8.61. The summed E-state index contributed by atoms with van der Waals surface area (Å²) in [7, 11) is 0. The Morgan fingerprint density at radius 1 is 1.53 bits per heavy atom. The van der Waals surface area contributed by atoms with Crippen molar-refractivity contribution in [1.29, 1.82) is 0 Å². The van der Waals surface area contributed by atoms with Crippen molar-refractivity contribution in [2.24, 2.45) is 0 Å². The van der Waals surface area contributed by atoms with Crippen molar-refractivity contribution >= 4 is 21.7 Å². The largest absolute Gasteiger partial charge is 0.378 e. The number of hydrogen-bond donors (Lipinski definition) is 1. The van der Waals surface area contributed by atoms with Crippen LogP contribution in [-0.4, -0.2) is 28.7 Å². The number of anilines is 1. The first kappa shape index (κ1) is 10.8. The number of ether oxygens (including phenoxy) is 1. The van der Waals surface area contributed by atoms with Crippen molar-refractivity contribution in [3.05, 3.63) is 17.0 Å². The third kappa shape index (κ3) is 3.14. The Labute approximate surface area is 97.6 Å². The van der Waals surface area contributed by atoms with Crippen LogP contribution in [0.3, 0.4) is 0 Å². The zero-order valence-corrected chi connectivity index (χ0v) is 10.2. The van der Waals surface area contributed by atoms with E-state index < -0.39 is 0 Å². The minimum Gasteiger partial charge on any atom is -0.378 e. The van der Waals surface area contributed by atoms with Crippen LogP contribution in [0.15, 0.2) is 17.0 Å². The summed E-state index contributed by atoms with van der Waals surface area (Å²) in [5, 5.41) is 3.39. The predicted octanol–water partition coefficient (Wildman–Crippen LogP) is 2.22. The Morgan fingerprint density at radius 2 is 2.40 bits per heavy atom. The molecular weight excluding hydrogens is 258 g/mol. The zero-order chi connectivity index (χ0) is 10.7. The van der Waals surface area contributed by atoms with E-state index in [9.17, 15) is 0 Å². The SMILES string of the molecule is CC1CC(Nc2cc(Br)ncn2)CCO1. The predicted molar refractivity (Wildman–Crippen MR) is 61.8 cm³/mol. The van der Waals surface area contributed by atoms with Gasteiger partial charge < -0.3 is 10.1 Å². The van der Waals surface area contributed by atoms with Crippen LogP contribution in [0.4, 0.5) is 5.82 Å². The summed E-state index contributed by atoms with van der Waals surface area (Å²) in [6.07, 6.45) is 3.95. The second-order valence-electron chi connectivity index (χ2n) is 3.77. The van der Waals surface area contributed by atoms with Crippen molar-refractivity contribution < 1.29 is 4.74 Å². The molecule has 0 amide bonds. The summed E-state index contributed by atoms with van der Waals surface area (Å²) in [6, 6.07) is 2.34. The van der Waals surface area contributed by atoms with Crippen molar-refractivity contribution in [1.82, 2.24) is 9.97 Å². The lowest BCUT2D eigenvalue weighted by molar-refractivity contribution is 0.0232. The fourth-order valence-electron chi connectivity index (χ4n) is 1.75. The molecule has 0 radical (unpaired) electrons. The maximum absolute atomic E-state index is 5.49. The van der Waals surface area contributed by atoms with E-state index in [-0.39, 0.29) is 0 Å². The molecule has 2 unspecified atom stereocenters. The van der Waals surface area contributed by atoms with Crippen LogP contribution in [0.25, 0.3) is 0 Å². The van der Waals surface area contributed by atoms with Gasteiger partial charge >= 0.3 is 0 Å². The van der Waals surface area contributed by atoms with Crippen LogP contribution in [0, 0.1) is 0 Å². The number of nitrogens with zero attached hydrogens (tertiary/aromatic N) is 2. The van der Waals surface area contributed by atoms with Crippen LogP contribution >= 0.6 is 15.9 Å². The molecule has 1 aliphatic rings. The molecule has 1 saturated heterocycles. The van der Waals surface area contributed by atoms with Gasteiger partial charge in [0.05, 0.1) is 6.10 Å². The Balaban J connectivity index is 1.96. The maximum Gasteiger partial charge on any atom is 0.130 e. The molecule has 82 valence electrons. The fraction of sp³-hybridized carbons (Fsp3) is 0.600. The van der Waals surface area contributed by atoms with Gasteiger partial charge in [-0.2, -0.15) is 0 Å². The monoisotopic (exact) mass is 271 g/mol. The molecular formula is C10H14BrN3O. The summed E-state index contributed by atoms with van der Waals surface area (Å²) >= 11 is 3.32. The van der Waals surface area contributed by atoms with Crippen LogP contribution in [0.1, 0.15) is 19.8 Å². The van der Waals surface area contributed by atoms with E-state index in [1.54, 1.807) is 6.33 Å². The van der Waals surface area contributed by atoms with E-state index in [0.717, 1.165) is 29.9 Å². The third-order valence-electron chi connectivity index (χ3n) is 2.47. The minimum atomic E-state index is 0.335. The van der Waals surface area contributed by atoms with Gasteiger partial charge in [-0.25, -0.2) is 9.97 Å². The first-order chi connectivity index (χ1) is 7.24. The van der Waals surface area contributed by atoms with Gasteiger partial charge in [0.2, 0.25) is 0 Å². The second-order valence-corrected chi connectivity index (χ2v) is 4.59. The maximum atomic E-state index is 5.49. The molecule has 1 fully saturated rings. The molecule has 2 atom stereocenters. The summed E-state index contributed by atoms with van der Waals surface area (Å²) in [6.45, 7) is 2.93. The van der Waals surface area contributed by atoms with Gasteiger partial charge in [-0.15, -0.1) is 0 Å². The summed E-state index contributed by atoms with van der Waals surface area (Å²) in [5.74, 6) is 0.871. The summed E-state index contributed by atoms with van der Waals surface area (Å²) < 4.78 is 6.29. The number of halogens is 1. The number of hydrogen-bond acceptors (Lipinski definition) is 4. The molecule has 0 spiro atoms. The summed E-state index contributed by atoms with van der Waals surface area (Å²) in [5.41, 5.74) is 0. The number of aromatic nitrogens is 2. The van der Waals surface area contributed by atoms with Crippen molar-refractivity contribution in [2.45, 2.75) is 31.9 Å². The molecule has 1 aromatic heterocycles. The van der Waals surface area contributed by atoms with Crippen LogP contribution in [0.5, 0.6) is 0 Å². The summed E-state index contributed by atoms with van der Waals surface area (Å²) in [4.78, 5) is 8.15. The van der Waals surface area contributed by atoms with Gasteiger partial charge in [-0.05, 0) is 35.7 Å². The lowest BCUT2D eigenvalue weighted by Gasteiger charge is -2.28. The molecule has 5 heteroatoms. The van der Waals surface area contributed by atoms with Crippen LogP contribution in [-0.2, 0) is 4.74 Å². The Bertz CT molecular complexity index is 334. The second kappa shape index (κ2) is 4.90. The van der Waals surface area contributed by atoms with Crippen molar-refractivity contribution in [3.63, 3.8) is 0 Å². The quantitative estimate of drug-likeness (QED) is 0.838. The molecule has 4 nitrogen and oxygen atoms in total. The van der Waals surface area contributed by atoms with Gasteiger partial charge in [0.15, 0.2) is 0 Å². The van der Waals surface area contributed by atoms with E-state index in [1.165, 1.54) is 0 Å².